The fourth-order valence-corrected chi connectivity index (χ4v) is 1.36. The van der Waals surface area contributed by atoms with E-state index in [2.05, 4.69) is 21.2 Å². The van der Waals surface area contributed by atoms with E-state index in [1.165, 1.54) is 6.92 Å². The molecule has 1 heterocycles. The van der Waals surface area contributed by atoms with Crippen molar-refractivity contribution in [3.63, 3.8) is 0 Å². The maximum absolute atomic E-state index is 10.6. The summed E-state index contributed by atoms with van der Waals surface area (Å²) in [5.41, 5.74) is 0. The Balaban J connectivity index is 2.52. The van der Waals surface area contributed by atoms with Crippen LogP contribution in [0.4, 0.5) is 0 Å². The Hall–Kier alpha value is -0.850. The summed E-state index contributed by atoms with van der Waals surface area (Å²) in [6, 6.07) is 3.16. The summed E-state index contributed by atoms with van der Waals surface area (Å²) >= 11 is 3.08. The minimum atomic E-state index is -1.15. The molecule has 2 unspecified atom stereocenters. The highest BCUT2D eigenvalue weighted by atomic mass is 79.9. The Morgan fingerprint density at radius 3 is 2.73 bits per heavy atom. The predicted octanol–water partition coefficient (Wildman–Crippen LogP) is 0.572. The van der Waals surface area contributed by atoms with Crippen LogP contribution >= 0.6 is 15.9 Å². The van der Waals surface area contributed by atoms with E-state index in [0.29, 0.717) is 4.67 Å². The highest BCUT2D eigenvalue weighted by molar-refractivity contribution is 9.10. The van der Waals surface area contributed by atoms with Gasteiger partial charge in [0, 0.05) is 13.5 Å². The molecule has 0 spiro atoms. The van der Waals surface area contributed by atoms with Crippen molar-refractivity contribution in [1.29, 1.82) is 0 Å². The van der Waals surface area contributed by atoms with Crippen LogP contribution in [0.15, 0.2) is 21.2 Å². The van der Waals surface area contributed by atoms with Crippen LogP contribution in [0.5, 0.6) is 0 Å². The van der Waals surface area contributed by atoms with Gasteiger partial charge in [0.25, 0.3) is 0 Å². The van der Waals surface area contributed by atoms with Gasteiger partial charge < -0.3 is 19.9 Å². The summed E-state index contributed by atoms with van der Waals surface area (Å²) in [6.07, 6.45) is -2.24. The van der Waals surface area contributed by atoms with E-state index in [1.54, 1.807) is 12.1 Å². The highest BCUT2D eigenvalue weighted by Gasteiger charge is 2.21. The number of aliphatic hydroxyl groups excluding tert-OH is 2. The quantitative estimate of drug-likeness (QED) is 0.752. The molecule has 1 aromatic rings. The highest BCUT2D eigenvalue weighted by Crippen LogP contribution is 2.22. The second-order valence-corrected chi connectivity index (χ2v) is 3.87. The van der Waals surface area contributed by atoms with Gasteiger partial charge in [0.1, 0.15) is 18.0 Å². The minimum Gasteiger partial charge on any atom is -0.451 e. The second-order valence-electron chi connectivity index (χ2n) is 3.09. The fraction of sp³-hybridized carbons (Fsp3) is 0.444. The first-order valence-electron chi connectivity index (χ1n) is 4.36. The standard InChI is InChI=1S/C9H12BrNO4/c1-5(12)11-4-6(13)9(14)7-2-3-8(10)15-7/h2-3,6,9,13-14H,4H2,1H3,(H,11,12). The maximum atomic E-state index is 10.6. The largest absolute Gasteiger partial charge is 0.451 e. The van der Waals surface area contributed by atoms with Crippen molar-refractivity contribution in [3.8, 4) is 0 Å². The average Bonchev–Trinajstić information content (AvgIpc) is 2.60. The Morgan fingerprint density at radius 1 is 1.60 bits per heavy atom. The number of halogens is 1. The number of carbonyl (C=O) groups is 1. The third-order valence-electron chi connectivity index (χ3n) is 1.81. The molecule has 0 aliphatic rings. The van der Waals surface area contributed by atoms with Crippen LogP contribution in [0, 0.1) is 0 Å². The van der Waals surface area contributed by atoms with Crippen LogP contribution in [0.1, 0.15) is 18.8 Å². The lowest BCUT2D eigenvalue weighted by Crippen LogP contribution is -2.34. The number of hydrogen-bond donors (Lipinski definition) is 3. The van der Waals surface area contributed by atoms with Gasteiger partial charge in [0.2, 0.25) is 5.91 Å². The van der Waals surface area contributed by atoms with Crippen LogP contribution in [0.2, 0.25) is 0 Å². The first-order valence-corrected chi connectivity index (χ1v) is 5.16. The Bertz CT molecular complexity index is 339. The van der Waals surface area contributed by atoms with E-state index in [-0.39, 0.29) is 18.2 Å². The van der Waals surface area contributed by atoms with Crippen molar-refractivity contribution in [2.45, 2.75) is 19.1 Å². The molecular weight excluding hydrogens is 266 g/mol. The maximum Gasteiger partial charge on any atom is 0.216 e. The Morgan fingerprint density at radius 2 is 2.27 bits per heavy atom. The summed E-state index contributed by atoms with van der Waals surface area (Å²) in [5.74, 6) is -0.0124. The lowest BCUT2D eigenvalue weighted by atomic mass is 10.1. The Kier molecular flexibility index (Phi) is 4.31. The van der Waals surface area contributed by atoms with E-state index in [4.69, 9.17) is 4.42 Å². The molecule has 84 valence electrons. The molecule has 0 aliphatic carbocycles. The van der Waals surface area contributed by atoms with Crippen LogP contribution < -0.4 is 5.32 Å². The number of rotatable bonds is 4. The van der Waals surface area contributed by atoms with Gasteiger partial charge in [0.15, 0.2) is 4.67 Å². The molecule has 6 heteroatoms. The molecule has 0 saturated heterocycles. The van der Waals surface area contributed by atoms with Crippen LogP contribution in [0.3, 0.4) is 0 Å². The van der Waals surface area contributed by atoms with E-state index < -0.39 is 12.2 Å². The fourth-order valence-electron chi connectivity index (χ4n) is 1.04. The number of carbonyl (C=O) groups excluding carboxylic acids is 1. The second kappa shape index (κ2) is 5.29. The van der Waals surface area contributed by atoms with Crippen molar-refractivity contribution in [2.24, 2.45) is 0 Å². The molecule has 0 fully saturated rings. The van der Waals surface area contributed by atoms with E-state index in [1.807, 2.05) is 0 Å². The van der Waals surface area contributed by atoms with E-state index in [0.717, 1.165) is 0 Å². The minimum absolute atomic E-state index is 0.0190. The summed E-state index contributed by atoms with van der Waals surface area (Å²) in [5, 5.41) is 21.5. The lowest BCUT2D eigenvalue weighted by molar-refractivity contribution is -0.119. The van der Waals surface area contributed by atoms with Gasteiger partial charge in [-0.25, -0.2) is 0 Å². The molecule has 2 atom stereocenters. The molecule has 0 aromatic carbocycles. The monoisotopic (exact) mass is 277 g/mol. The third-order valence-corrected chi connectivity index (χ3v) is 2.24. The number of nitrogens with one attached hydrogen (secondary N) is 1. The summed E-state index contributed by atoms with van der Waals surface area (Å²) in [6.45, 7) is 1.32. The van der Waals surface area contributed by atoms with Crippen molar-refractivity contribution in [3.05, 3.63) is 22.6 Å². The van der Waals surface area contributed by atoms with Gasteiger partial charge in [-0.2, -0.15) is 0 Å². The zero-order valence-electron chi connectivity index (χ0n) is 8.11. The molecule has 5 nitrogen and oxygen atoms in total. The molecule has 15 heavy (non-hydrogen) atoms. The number of amides is 1. The summed E-state index contributed by atoms with van der Waals surface area (Å²) < 4.78 is 5.54. The molecule has 0 aliphatic heterocycles. The number of furan rings is 1. The van der Waals surface area contributed by atoms with Gasteiger partial charge in [0.05, 0.1) is 0 Å². The van der Waals surface area contributed by atoms with E-state index >= 15 is 0 Å². The number of aliphatic hydroxyl groups is 2. The van der Waals surface area contributed by atoms with Gasteiger partial charge in [-0.05, 0) is 28.1 Å². The predicted molar refractivity (Wildman–Crippen MR) is 56.1 cm³/mol. The van der Waals surface area contributed by atoms with Gasteiger partial charge in [-0.1, -0.05) is 0 Å². The van der Waals surface area contributed by atoms with Gasteiger partial charge in [-0.3, -0.25) is 4.79 Å². The van der Waals surface area contributed by atoms with Gasteiger partial charge >= 0.3 is 0 Å². The molecule has 0 saturated carbocycles. The molecule has 1 amide bonds. The molecule has 0 bridgehead atoms. The molecule has 0 radical (unpaired) electrons. The van der Waals surface area contributed by atoms with Crippen molar-refractivity contribution >= 4 is 21.8 Å². The first-order chi connectivity index (χ1) is 7.00. The lowest BCUT2D eigenvalue weighted by Gasteiger charge is -2.15. The summed E-state index contributed by atoms with van der Waals surface area (Å²) in [4.78, 5) is 10.6. The third kappa shape index (κ3) is 3.65. The molecule has 1 rings (SSSR count). The van der Waals surface area contributed by atoms with Crippen molar-refractivity contribution < 1.29 is 19.4 Å². The average molecular weight is 278 g/mol. The topological polar surface area (TPSA) is 82.7 Å². The Labute approximate surface area is 95.2 Å². The molecule has 1 aromatic heterocycles. The number of hydrogen-bond acceptors (Lipinski definition) is 4. The van der Waals surface area contributed by atoms with Crippen molar-refractivity contribution in [2.75, 3.05) is 6.54 Å². The summed E-state index contributed by atoms with van der Waals surface area (Å²) in [7, 11) is 0. The SMILES string of the molecule is CC(=O)NCC(O)C(O)c1ccc(Br)o1. The van der Waals surface area contributed by atoms with E-state index in [9.17, 15) is 15.0 Å². The smallest absolute Gasteiger partial charge is 0.216 e. The molecular formula is C9H12BrNO4. The van der Waals surface area contributed by atoms with Crippen molar-refractivity contribution in [1.82, 2.24) is 5.32 Å². The zero-order valence-corrected chi connectivity index (χ0v) is 9.69. The normalized spacial score (nSPS) is 14.7. The van der Waals surface area contributed by atoms with Crippen LogP contribution in [0.25, 0.3) is 0 Å². The first kappa shape index (κ1) is 12.2. The zero-order chi connectivity index (χ0) is 11.4. The molecule has 3 N–H and O–H groups in total. The van der Waals surface area contributed by atoms with Crippen LogP contribution in [-0.4, -0.2) is 28.8 Å². The van der Waals surface area contributed by atoms with Gasteiger partial charge in [-0.15, -0.1) is 0 Å². The van der Waals surface area contributed by atoms with Crippen LogP contribution in [-0.2, 0) is 4.79 Å².